The molecule has 0 atom stereocenters. The molecule has 8 N–H and O–H groups in total. The maximum Gasteiger partial charge on any atom is 0.326 e. The molecule has 1 aromatic rings. The van der Waals surface area contributed by atoms with E-state index in [1.165, 1.54) is 33.6 Å². The number of benzene rings is 1. The van der Waals surface area contributed by atoms with Crippen molar-refractivity contribution in [2.24, 2.45) is 23.2 Å². The molecule has 1 rings (SSSR count). The highest BCUT2D eigenvalue weighted by Crippen LogP contribution is 2.08. The van der Waals surface area contributed by atoms with Gasteiger partial charge in [0.25, 0.3) is 0 Å². The first-order valence-corrected chi connectivity index (χ1v) is 9.32. The molecule has 0 saturated carbocycles. The van der Waals surface area contributed by atoms with Crippen LogP contribution < -0.4 is 23.2 Å². The number of thioether (sulfide) groups is 1. The third-order valence-electron chi connectivity index (χ3n) is 2.21. The zero-order valence-electron chi connectivity index (χ0n) is 14.0. The summed E-state index contributed by atoms with van der Waals surface area (Å²) in [5.41, 5.74) is 11.2. The van der Waals surface area contributed by atoms with E-state index < -0.39 is 10.1 Å². The van der Waals surface area contributed by atoms with E-state index in [0.29, 0.717) is 5.17 Å². The SMILES string of the molecule is CN(N)C(N)=S.CSC(N)=[N+](C)N.Cc1ccc(S(=O)(=O)[O-])cc1. The molecule has 0 unspecified atom stereocenters. The Morgan fingerprint density at radius 2 is 1.67 bits per heavy atom. The van der Waals surface area contributed by atoms with Crippen molar-refractivity contribution >= 4 is 44.4 Å². The van der Waals surface area contributed by atoms with Crippen molar-refractivity contribution in [2.75, 3.05) is 20.4 Å². The van der Waals surface area contributed by atoms with Crippen molar-refractivity contribution in [2.45, 2.75) is 11.8 Å². The first-order valence-electron chi connectivity index (χ1n) is 6.28. The van der Waals surface area contributed by atoms with Crippen LogP contribution in [0, 0.1) is 6.92 Å². The number of thiocarbonyl (C=S) groups is 1. The summed E-state index contributed by atoms with van der Waals surface area (Å²) in [5, 5.41) is 2.00. The van der Waals surface area contributed by atoms with Crippen molar-refractivity contribution in [3.63, 3.8) is 0 Å². The van der Waals surface area contributed by atoms with E-state index in [-0.39, 0.29) is 10.0 Å². The van der Waals surface area contributed by atoms with E-state index in [4.69, 9.17) is 23.2 Å². The smallest absolute Gasteiger partial charge is 0.326 e. The number of hydrogen-bond donors (Lipinski definition) is 4. The van der Waals surface area contributed by atoms with Gasteiger partial charge < -0.3 is 10.3 Å². The summed E-state index contributed by atoms with van der Waals surface area (Å²) in [4.78, 5) is -0.178. The van der Waals surface area contributed by atoms with Gasteiger partial charge in [0.05, 0.1) is 4.90 Å². The molecule has 0 saturated heterocycles. The minimum atomic E-state index is -4.27. The molecular formula is C12H24N6O3S3. The van der Waals surface area contributed by atoms with Crippen molar-refractivity contribution in [1.29, 1.82) is 0 Å². The van der Waals surface area contributed by atoms with Gasteiger partial charge in [0.15, 0.2) is 5.11 Å². The molecule has 0 bridgehead atoms. The molecule has 0 heterocycles. The quantitative estimate of drug-likeness (QED) is 0.0889. The van der Waals surface area contributed by atoms with Gasteiger partial charge in [-0.2, -0.15) is 4.68 Å². The van der Waals surface area contributed by atoms with Crippen molar-refractivity contribution in [1.82, 2.24) is 5.01 Å². The molecule has 0 aliphatic heterocycles. The van der Waals surface area contributed by atoms with E-state index in [1.54, 1.807) is 26.2 Å². The van der Waals surface area contributed by atoms with Gasteiger partial charge in [0.2, 0.25) is 0 Å². The van der Waals surface area contributed by atoms with Crippen LogP contribution in [-0.2, 0) is 10.1 Å². The second-order valence-corrected chi connectivity index (χ2v) is 6.99. The van der Waals surface area contributed by atoms with Gasteiger partial charge in [-0.1, -0.05) is 17.7 Å². The molecule has 0 radical (unpaired) electrons. The monoisotopic (exact) mass is 396 g/mol. The molecule has 0 amide bonds. The molecule has 24 heavy (non-hydrogen) atoms. The second kappa shape index (κ2) is 11.9. The summed E-state index contributed by atoms with van der Waals surface area (Å²) in [6.07, 6.45) is 1.87. The topological polar surface area (TPSA) is 168 Å². The zero-order chi connectivity index (χ0) is 19.5. The number of rotatable bonds is 1. The van der Waals surface area contributed by atoms with Gasteiger partial charge in [0, 0.05) is 7.05 Å². The van der Waals surface area contributed by atoms with Gasteiger partial charge in [-0.25, -0.2) is 14.3 Å². The van der Waals surface area contributed by atoms with Gasteiger partial charge in [0.1, 0.15) is 17.2 Å². The fraction of sp³-hybridized carbons (Fsp3) is 0.333. The lowest BCUT2D eigenvalue weighted by molar-refractivity contribution is -0.507. The van der Waals surface area contributed by atoms with E-state index in [9.17, 15) is 13.0 Å². The van der Waals surface area contributed by atoms with Crippen LogP contribution in [0.15, 0.2) is 29.2 Å². The van der Waals surface area contributed by atoms with Crippen LogP contribution in [0.25, 0.3) is 0 Å². The van der Waals surface area contributed by atoms with Crippen molar-refractivity contribution in [3.8, 4) is 0 Å². The highest BCUT2D eigenvalue weighted by atomic mass is 32.2. The number of amidine groups is 1. The second-order valence-electron chi connectivity index (χ2n) is 4.37. The first-order chi connectivity index (χ1) is 10.8. The van der Waals surface area contributed by atoms with E-state index in [1.807, 2.05) is 13.2 Å². The number of hydrogen-bond acceptors (Lipinski definition) is 7. The summed E-state index contributed by atoms with van der Waals surface area (Å²) in [6, 6.07) is 5.78. The average molecular weight is 397 g/mol. The van der Waals surface area contributed by atoms with Crippen LogP contribution in [0.1, 0.15) is 5.56 Å². The van der Waals surface area contributed by atoms with Crippen molar-refractivity contribution in [3.05, 3.63) is 29.8 Å². The minimum Gasteiger partial charge on any atom is -0.744 e. The Morgan fingerprint density at radius 1 is 1.29 bits per heavy atom. The van der Waals surface area contributed by atoms with Crippen LogP contribution in [0.5, 0.6) is 0 Å². The normalized spacial score (nSPS) is 11.1. The number of nitrogens with two attached hydrogens (primary N) is 4. The summed E-state index contributed by atoms with van der Waals surface area (Å²) in [7, 11) is -0.984. The first kappa shape index (κ1) is 24.6. The molecule has 0 spiro atoms. The summed E-state index contributed by atoms with van der Waals surface area (Å²) >= 11 is 5.83. The van der Waals surface area contributed by atoms with Crippen LogP contribution in [0.2, 0.25) is 0 Å². The Kier molecular flexibility index (Phi) is 12.2. The van der Waals surface area contributed by atoms with E-state index in [0.717, 1.165) is 5.56 Å². The molecule has 1 aromatic carbocycles. The standard InChI is InChI=1S/C7H8O3S.C3H9N3S.C2H7N3S/c1-6-2-4-7(5-3-6)11(8,9)10;1-6(5)3(4)7-2;1-5(4)2(3)6/h2-5H,1H3,(H,8,9,10);4H,5H2,1-2H3;4H2,1H3,(H2,3,6). The average Bonchev–Trinajstić information content (AvgIpc) is 2.46. The molecule has 138 valence electrons. The number of hydrazine groups is 2. The molecule has 12 heteroatoms. The minimum absolute atomic E-state index is 0.178. The Labute approximate surface area is 152 Å². The van der Waals surface area contributed by atoms with E-state index >= 15 is 0 Å². The maximum absolute atomic E-state index is 10.4. The Balaban J connectivity index is 0. The zero-order valence-corrected chi connectivity index (χ0v) is 16.4. The van der Waals surface area contributed by atoms with Crippen LogP contribution in [0.3, 0.4) is 0 Å². The van der Waals surface area contributed by atoms with E-state index in [2.05, 4.69) is 12.2 Å². The van der Waals surface area contributed by atoms with Gasteiger partial charge in [-0.05, 0) is 49.3 Å². The molecule has 0 aliphatic carbocycles. The molecule has 0 aromatic heterocycles. The lowest BCUT2D eigenvalue weighted by atomic mass is 10.2. The molecule has 0 aliphatic rings. The van der Waals surface area contributed by atoms with Gasteiger partial charge in [-0.15, -0.1) is 0 Å². The predicted octanol–water partition coefficient (Wildman–Crippen LogP) is -0.885. The fourth-order valence-corrected chi connectivity index (χ4v) is 1.61. The summed E-state index contributed by atoms with van der Waals surface area (Å²) < 4.78 is 32.5. The predicted molar refractivity (Wildman–Crippen MR) is 101 cm³/mol. The van der Waals surface area contributed by atoms with Crippen LogP contribution in [0.4, 0.5) is 0 Å². The van der Waals surface area contributed by atoms with Crippen LogP contribution >= 0.6 is 24.0 Å². The summed E-state index contributed by atoms with van der Waals surface area (Å²) in [5.74, 6) is 10.2. The van der Waals surface area contributed by atoms with Crippen LogP contribution in [-0.4, -0.2) is 53.3 Å². The highest BCUT2D eigenvalue weighted by molar-refractivity contribution is 8.12. The number of aryl methyl sites for hydroxylation is 1. The summed E-state index contributed by atoms with van der Waals surface area (Å²) in [6.45, 7) is 1.82. The Morgan fingerprint density at radius 3 is 1.83 bits per heavy atom. The maximum atomic E-state index is 10.4. The number of hydrazone groups is 1. The molecular weight excluding hydrogens is 372 g/mol. The molecule has 9 nitrogen and oxygen atoms in total. The fourth-order valence-electron chi connectivity index (χ4n) is 0.849. The lowest BCUT2D eigenvalue weighted by Gasteiger charge is -2.05. The number of nitrogens with zero attached hydrogens (tertiary/aromatic N) is 2. The van der Waals surface area contributed by atoms with Gasteiger partial charge >= 0.3 is 5.17 Å². The van der Waals surface area contributed by atoms with Crippen molar-refractivity contribution < 1.29 is 17.7 Å². The molecule has 0 fully saturated rings. The van der Waals surface area contributed by atoms with Gasteiger partial charge in [-0.3, -0.25) is 16.6 Å². The Bertz CT molecular complexity index is 641. The largest absolute Gasteiger partial charge is 0.744 e. The Hall–Kier alpha value is -1.60. The third kappa shape index (κ3) is 12.9. The highest BCUT2D eigenvalue weighted by Gasteiger charge is 1.97. The lowest BCUT2D eigenvalue weighted by Crippen LogP contribution is -2.37. The third-order valence-corrected chi connectivity index (χ3v) is 4.06.